The number of aryl methyl sites for hydroxylation is 3. The van der Waals surface area contributed by atoms with Crippen LogP contribution in [0.4, 0.5) is 8.78 Å². The van der Waals surface area contributed by atoms with E-state index in [-0.39, 0.29) is 29.5 Å². The molecule has 0 aromatic carbocycles. The highest BCUT2D eigenvalue weighted by Crippen LogP contribution is 2.48. The van der Waals surface area contributed by atoms with E-state index in [1.807, 2.05) is 6.92 Å². The number of hydrogen-bond acceptors (Lipinski definition) is 10. The van der Waals surface area contributed by atoms with Crippen LogP contribution in [0.5, 0.6) is 11.8 Å². The minimum atomic E-state index is -4.12. The first-order valence-electron chi connectivity index (χ1n) is 18.0. The molecule has 1 saturated carbocycles. The summed E-state index contributed by atoms with van der Waals surface area (Å²) < 4.78 is 71.2. The molecular weight excluding hydrogens is 709 g/mol. The minimum absolute atomic E-state index is 0.0263. The second-order valence-electron chi connectivity index (χ2n) is 15.2. The van der Waals surface area contributed by atoms with Gasteiger partial charge in [-0.1, -0.05) is 6.42 Å². The summed E-state index contributed by atoms with van der Waals surface area (Å²) >= 11 is 0. The molecule has 0 amide bonds. The van der Waals surface area contributed by atoms with E-state index in [1.165, 1.54) is 34.2 Å². The highest BCUT2D eigenvalue weighted by Gasteiger charge is 2.53. The first kappa shape index (κ1) is 37.1. The van der Waals surface area contributed by atoms with Gasteiger partial charge in [-0.05, 0) is 114 Å². The Kier molecular flexibility index (Phi) is 9.68. The van der Waals surface area contributed by atoms with E-state index in [9.17, 15) is 27.1 Å². The second kappa shape index (κ2) is 13.9. The van der Waals surface area contributed by atoms with Gasteiger partial charge < -0.3 is 14.6 Å². The van der Waals surface area contributed by atoms with Gasteiger partial charge in [0.25, 0.3) is 6.43 Å². The van der Waals surface area contributed by atoms with E-state index in [0.29, 0.717) is 58.8 Å². The summed E-state index contributed by atoms with van der Waals surface area (Å²) in [5, 5.41) is 18.1. The number of aromatic nitrogens is 5. The third-order valence-electron chi connectivity index (χ3n) is 10.9. The van der Waals surface area contributed by atoms with Crippen LogP contribution >= 0.6 is 0 Å². The third kappa shape index (κ3) is 6.96. The summed E-state index contributed by atoms with van der Waals surface area (Å²) in [6.45, 7) is 11.8. The Bertz CT molecular complexity index is 2170. The van der Waals surface area contributed by atoms with Gasteiger partial charge in [-0.2, -0.15) is 9.29 Å². The number of ether oxygens (including phenoxy) is 2. The number of hydrogen-bond donors (Lipinski definition) is 1. The molecule has 7 rings (SSSR count). The topological polar surface area (TPSA) is 152 Å². The molecule has 16 heteroatoms. The predicted molar refractivity (Wildman–Crippen MR) is 190 cm³/mol. The number of carbonyl (C=O) groups is 1. The summed E-state index contributed by atoms with van der Waals surface area (Å²) in [5.41, 5.74) is 1.34. The maximum atomic E-state index is 14.4. The van der Waals surface area contributed by atoms with Crippen molar-refractivity contribution in [2.24, 2.45) is 5.41 Å². The number of pyridine rings is 3. The lowest BCUT2D eigenvalue weighted by Crippen LogP contribution is -2.38. The Morgan fingerprint density at radius 1 is 1.09 bits per heavy atom. The van der Waals surface area contributed by atoms with Gasteiger partial charge in [0.15, 0.2) is 5.65 Å². The van der Waals surface area contributed by atoms with Crippen LogP contribution in [0.15, 0.2) is 35.5 Å². The van der Waals surface area contributed by atoms with Crippen LogP contribution < -0.4 is 9.47 Å². The van der Waals surface area contributed by atoms with Crippen molar-refractivity contribution in [1.82, 2.24) is 33.8 Å². The quantitative estimate of drug-likeness (QED) is 0.204. The van der Waals surface area contributed by atoms with Crippen LogP contribution in [-0.4, -0.2) is 91.7 Å². The molecule has 284 valence electrons. The van der Waals surface area contributed by atoms with Crippen LogP contribution in [0.3, 0.4) is 0 Å². The number of likely N-dealkylation sites (tertiary alicyclic amines) is 1. The Morgan fingerprint density at radius 2 is 1.83 bits per heavy atom. The number of alkyl halides is 2. The zero-order chi connectivity index (χ0) is 37.9. The molecule has 1 atom stereocenters. The molecule has 2 fully saturated rings. The lowest BCUT2D eigenvalue weighted by Gasteiger charge is -2.32. The monoisotopic (exact) mass is 753 g/mol. The molecule has 2 aliphatic heterocycles. The minimum Gasteiger partial charge on any atom is -0.481 e. The van der Waals surface area contributed by atoms with E-state index >= 15 is 0 Å². The Morgan fingerprint density at radius 3 is 2.51 bits per heavy atom. The second-order valence-corrected chi connectivity index (χ2v) is 17.1. The van der Waals surface area contributed by atoms with Crippen molar-refractivity contribution in [2.75, 3.05) is 32.8 Å². The van der Waals surface area contributed by atoms with Crippen LogP contribution in [-0.2, 0) is 21.4 Å². The van der Waals surface area contributed by atoms with E-state index in [4.69, 9.17) is 9.47 Å². The molecular formula is C37H45F2N7O6S. The predicted octanol–water partition coefficient (Wildman–Crippen LogP) is 5.61. The Hall–Kier alpha value is -4.28. The third-order valence-corrected chi connectivity index (χ3v) is 12.7. The highest BCUT2D eigenvalue weighted by atomic mass is 32.2. The van der Waals surface area contributed by atoms with Gasteiger partial charge in [-0.3, -0.25) is 19.1 Å². The number of sulfonamides is 1. The number of piperidine rings is 1. The van der Waals surface area contributed by atoms with Gasteiger partial charge in [0, 0.05) is 42.7 Å². The largest absolute Gasteiger partial charge is 0.481 e. The molecule has 0 unspecified atom stereocenters. The van der Waals surface area contributed by atoms with Crippen molar-refractivity contribution >= 4 is 21.6 Å². The van der Waals surface area contributed by atoms with Crippen LogP contribution in [0, 0.1) is 26.2 Å². The van der Waals surface area contributed by atoms with Crippen LogP contribution in [0.1, 0.15) is 97.6 Å². The van der Waals surface area contributed by atoms with Gasteiger partial charge >= 0.3 is 5.97 Å². The molecule has 1 N–H and O–H groups in total. The van der Waals surface area contributed by atoms with E-state index in [2.05, 4.69) is 25.1 Å². The molecule has 13 nitrogen and oxygen atoms in total. The highest BCUT2D eigenvalue weighted by molar-refractivity contribution is 7.89. The fraction of sp³-hybridized carbons (Fsp3) is 0.541. The number of halogens is 2. The molecule has 6 heterocycles. The number of aliphatic carboxylic acids is 1. The van der Waals surface area contributed by atoms with E-state index in [1.54, 1.807) is 52.1 Å². The standard InChI is InChI=1S/C37H45F2N7O6S/c1-22-17-28-34(41-33(22)51-16-15-44-12-7-6-8-13-44)52-37(10-11-37)21-45(53(28,49)50)20-25-18-27(40-19-23(25)2)29(36(4,5)35(47)48)26-9-14-46-31(24(26)3)42-43-32(46)30(38)39/h9,14,17-19,29-30H,6-8,10-13,15-16,20-21H2,1-5H3,(H,47,48)/t29-/m0/s1. The first-order chi connectivity index (χ1) is 25.1. The molecule has 4 aromatic rings. The SMILES string of the molecule is Cc1cnc([C@H](c2ccn3c(C(F)F)nnc3c2C)C(C)(C)C(=O)O)cc1CN1CC2(CC2)Oc2nc(OCCN3CCCCC3)c(C)cc2S1(=O)=O. The summed E-state index contributed by atoms with van der Waals surface area (Å²) in [5.74, 6) is -2.09. The van der Waals surface area contributed by atoms with E-state index < -0.39 is 45.2 Å². The molecule has 0 radical (unpaired) electrons. The molecule has 4 aromatic heterocycles. The zero-order valence-electron chi connectivity index (χ0n) is 30.6. The lowest BCUT2D eigenvalue weighted by molar-refractivity contribution is -0.147. The molecule has 3 aliphatic rings. The summed E-state index contributed by atoms with van der Waals surface area (Å²) in [6, 6.07) is 4.91. The van der Waals surface area contributed by atoms with Crippen molar-refractivity contribution in [3.05, 3.63) is 69.9 Å². The molecule has 0 bridgehead atoms. The molecule has 1 spiro atoms. The smallest absolute Gasteiger partial charge is 0.310 e. The first-order valence-corrected chi connectivity index (χ1v) is 19.4. The Labute approximate surface area is 307 Å². The number of nitrogens with zero attached hydrogens (tertiary/aromatic N) is 7. The van der Waals surface area contributed by atoms with Crippen molar-refractivity contribution in [1.29, 1.82) is 0 Å². The Balaban J connectivity index is 1.22. The van der Waals surface area contributed by atoms with Crippen molar-refractivity contribution in [2.45, 2.75) is 96.1 Å². The molecule has 1 aliphatic carbocycles. The van der Waals surface area contributed by atoms with Crippen LogP contribution in [0.25, 0.3) is 5.65 Å². The number of carboxylic acids is 1. The zero-order valence-corrected chi connectivity index (χ0v) is 31.4. The van der Waals surface area contributed by atoms with Crippen molar-refractivity contribution in [3.63, 3.8) is 0 Å². The van der Waals surface area contributed by atoms with E-state index in [0.717, 1.165) is 19.6 Å². The number of fused-ring (bicyclic) bond motifs is 2. The average molecular weight is 754 g/mol. The maximum Gasteiger partial charge on any atom is 0.310 e. The fourth-order valence-corrected chi connectivity index (χ4v) is 9.08. The van der Waals surface area contributed by atoms with Gasteiger partial charge in [-0.15, -0.1) is 10.2 Å². The summed E-state index contributed by atoms with van der Waals surface area (Å²) in [6.07, 6.45) is 5.08. The number of carboxylic acid groups (broad SMARTS) is 1. The molecule has 53 heavy (non-hydrogen) atoms. The fourth-order valence-electron chi connectivity index (χ4n) is 7.46. The maximum absolute atomic E-state index is 14.4. The normalized spacial score (nSPS) is 19.2. The van der Waals surface area contributed by atoms with Gasteiger partial charge in [-0.25, -0.2) is 17.2 Å². The van der Waals surface area contributed by atoms with Gasteiger partial charge in [0.2, 0.25) is 27.6 Å². The lowest BCUT2D eigenvalue weighted by atomic mass is 9.71. The van der Waals surface area contributed by atoms with Gasteiger partial charge in [0.05, 0.1) is 12.0 Å². The van der Waals surface area contributed by atoms with Crippen LogP contribution in [0.2, 0.25) is 0 Å². The number of rotatable bonds is 11. The molecule has 1 saturated heterocycles. The van der Waals surface area contributed by atoms with Gasteiger partial charge in [0.1, 0.15) is 17.1 Å². The summed E-state index contributed by atoms with van der Waals surface area (Å²) in [4.78, 5) is 24.4. The van der Waals surface area contributed by atoms with Crippen molar-refractivity contribution in [3.8, 4) is 11.8 Å². The summed E-state index contributed by atoms with van der Waals surface area (Å²) in [7, 11) is -4.12. The van der Waals surface area contributed by atoms with Crippen molar-refractivity contribution < 1.29 is 36.6 Å². The average Bonchev–Trinajstić information content (AvgIpc) is 3.73.